The van der Waals surface area contributed by atoms with Gasteiger partial charge < -0.3 is 19.6 Å². The summed E-state index contributed by atoms with van der Waals surface area (Å²) in [6, 6.07) is 11.5. The quantitative estimate of drug-likeness (QED) is 0.319. The Bertz CT molecular complexity index is 1310. The van der Waals surface area contributed by atoms with E-state index in [9.17, 15) is 13.2 Å². The van der Waals surface area contributed by atoms with Crippen LogP contribution in [-0.4, -0.2) is 56.7 Å². The van der Waals surface area contributed by atoms with E-state index < -0.39 is 16.3 Å². The number of halogens is 1. The van der Waals surface area contributed by atoms with Crippen LogP contribution in [0.4, 0.5) is 5.69 Å². The topological polar surface area (TPSA) is 150 Å². The molecular formula is C25H30ClN5O5S. The third-order valence-electron chi connectivity index (χ3n) is 5.69. The van der Waals surface area contributed by atoms with Crippen molar-refractivity contribution in [3.05, 3.63) is 64.7 Å². The second kappa shape index (κ2) is 12.1. The number of nitrogens with two attached hydrogens (primary N) is 1. The van der Waals surface area contributed by atoms with E-state index >= 15 is 0 Å². The van der Waals surface area contributed by atoms with Crippen molar-refractivity contribution in [3.63, 3.8) is 0 Å². The molecule has 37 heavy (non-hydrogen) atoms. The number of piperidine rings is 1. The summed E-state index contributed by atoms with van der Waals surface area (Å²) in [6.07, 6.45) is 4.64. The summed E-state index contributed by atoms with van der Waals surface area (Å²) in [5.41, 5.74) is 6.97. The standard InChI is InChI=1S/C25H30ClN5O5S/c1-17(27)30-13-10-22(11-14-30)35-24-9-8-21(16-23(24)26)31(37(33,34)36-18(2)32)12-4-6-19-5-3-7-20(15-19)25(28)29/h3-9,15-16,22,27H,10-14H2,1-2H3,(H3,28,29)/b6-4+,27-17?. The number of carbonyl (C=O) groups is 1. The normalized spacial score (nSPS) is 14.4. The summed E-state index contributed by atoms with van der Waals surface area (Å²) in [7, 11) is -4.47. The first-order valence-electron chi connectivity index (χ1n) is 11.6. The molecular weight excluding hydrogens is 518 g/mol. The van der Waals surface area contributed by atoms with Gasteiger partial charge in [-0.05, 0) is 36.8 Å². The summed E-state index contributed by atoms with van der Waals surface area (Å²) >= 11 is 6.46. The fourth-order valence-electron chi connectivity index (χ4n) is 3.84. The van der Waals surface area contributed by atoms with Crippen LogP contribution in [0.1, 0.15) is 37.8 Å². The zero-order valence-corrected chi connectivity index (χ0v) is 22.2. The lowest BCUT2D eigenvalue weighted by Crippen LogP contribution is -2.40. The van der Waals surface area contributed by atoms with Gasteiger partial charge in [0.25, 0.3) is 0 Å². The molecule has 2 aromatic rings. The van der Waals surface area contributed by atoms with Crippen molar-refractivity contribution >= 4 is 51.3 Å². The Morgan fingerprint density at radius 2 is 1.89 bits per heavy atom. The van der Waals surface area contributed by atoms with E-state index in [0.29, 0.717) is 35.8 Å². The van der Waals surface area contributed by atoms with Crippen LogP contribution in [0.5, 0.6) is 5.75 Å². The van der Waals surface area contributed by atoms with Gasteiger partial charge in [-0.2, -0.15) is 8.42 Å². The molecule has 4 N–H and O–H groups in total. The monoisotopic (exact) mass is 547 g/mol. The Hall–Kier alpha value is -3.57. The van der Waals surface area contributed by atoms with Gasteiger partial charge in [0.1, 0.15) is 17.7 Å². The third-order valence-corrected chi connectivity index (χ3v) is 7.33. The predicted molar refractivity (Wildman–Crippen MR) is 145 cm³/mol. The van der Waals surface area contributed by atoms with Crippen LogP contribution in [0.25, 0.3) is 6.08 Å². The minimum Gasteiger partial charge on any atom is -0.489 e. The number of nitrogen functional groups attached to an aromatic ring is 1. The number of ether oxygens (including phenoxy) is 1. The van der Waals surface area contributed by atoms with E-state index in [1.54, 1.807) is 49.4 Å². The van der Waals surface area contributed by atoms with Crippen LogP contribution in [0.2, 0.25) is 5.02 Å². The number of amidine groups is 2. The Morgan fingerprint density at radius 1 is 1.19 bits per heavy atom. The lowest BCUT2D eigenvalue weighted by atomic mass is 10.1. The Balaban J connectivity index is 1.80. The predicted octanol–water partition coefficient (Wildman–Crippen LogP) is 3.79. The number of rotatable bonds is 9. The van der Waals surface area contributed by atoms with E-state index in [-0.39, 0.29) is 29.2 Å². The Labute approximate surface area is 221 Å². The molecule has 0 aromatic heterocycles. The first-order valence-corrected chi connectivity index (χ1v) is 13.3. The van der Waals surface area contributed by atoms with Crippen molar-refractivity contribution < 1.29 is 22.1 Å². The van der Waals surface area contributed by atoms with Gasteiger partial charge in [-0.3, -0.25) is 15.6 Å². The van der Waals surface area contributed by atoms with Gasteiger partial charge in [-0.25, -0.2) is 4.31 Å². The van der Waals surface area contributed by atoms with Crippen LogP contribution >= 0.6 is 11.6 Å². The molecule has 198 valence electrons. The molecule has 0 amide bonds. The van der Waals surface area contributed by atoms with Crippen LogP contribution in [-0.2, 0) is 19.3 Å². The number of likely N-dealkylation sites (tertiary alicyclic amines) is 1. The fourth-order valence-corrected chi connectivity index (χ4v) is 5.09. The van der Waals surface area contributed by atoms with Crippen molar-refractivity contribution in [2.45, 2.75) is 32.8 Å². The summed E-state index contributed by atoms with van der Waals surface area (Å²) in [4.78, 5) is 13.4. The average Bonchev–Trinajstić information content (AvgIpc) is 2.83. The summed E-state index contributed by atoms with van der Waals surface area (Å²) in [5.74, 6) is -0.116. The SMILES string of the molecule is CC(=N)N1CCC(Oc2ccc(N(C/C=C/c3cccc(C(=N)N)c3)S(=O)(=O)OC(C)=O)cc2Cl)CC1. The van der Waals surface area contributed by atoms with Crippen LogP contribution in [0.15, 0.2) is 48.5 Å². The molecule has 0 radical (unpaired) electrons. The second-order valence-corrected chi connectivity index (χ2v) is 10.4. The number of hydrogen-bond donors (Lipinski definition) is 3. The molecule has 0 aliphatic carbocycles. The maximum atomic E-state index is 12.8. The fraction of sp³-hybridized carbons (Fsp3) is 0.320. The number of nitrogens with one attached hydrogen (secondary N) is 2. The van der Waals surface area contributed by atoms with E-state index in [2.05, 4.69) is 4.18 Å². The zero-order chi connectivity index (χ0) is 27.2. The van der Waals surface area contributed by atoms with Gasteiger partial charge in [0, 0.05) is 38.4 Å². The number of benzene rings is 2. The molecule has 2 aromatic carbocycles. The number of hydrogen-bond acceptors (Lipinski definition) is 7. The highest BCUT2D eigenvalue weighted by atomic mass is 35.5. The van der Waals surface area contributed by atoms with Crippen molar-refractivity contribution in [1.29, 1.82) is 10.8 Å². The van der Waals surface area contributed by atoms with Gasteiger partial charge in [0.2, 0.25) is 0 Å². The molecule has 0 bridgehead atoms. The van der Waals surface area contributed by atoms with Crippen molar-refractivity contribution in [3.8, 4) is 5.75 Å². The van der Waals surface area contributed by atoms with Crippen LogP contribution in [0, 0.1) is 10.8 Å². The number of nitrogens with zero attached hydrogens (tertiary/aromatic N) is 2. The number of carbonyl (C=O) groups excluding carboxylic acids is 1. The molecule has 3 rings (SSSR count). The smallest absolute Gasteiger partial charge is 0.412 e. The van der Waals surface area contributed by atoms with Gasteiger partial charge in [-0.15, -0.1) is 0 Å². The largest absolute Gasteiger partial charge is 0.489 e. The lowest BCUT2D eigenvalue weighted by molar-refractivity contribution is -0.131. The molecule has 10 nitrogen and oxygen atoms in total. The Morgan fingerprint density at radius 3 is 2.49 bits per heavy atom. The average molecular weight is 548 g/mol. The molecule has 12 heteroatoms. The summed E-state index contributed by atoms with van der Waals surface area (Å²) < 4.78 is 37.2. The van der Waals surface area contributed by atoms with E-state index in [1.807, 2.05) is 4.90 Å². The zero-order valence-electron chi connectivity index (χ0n) is 20.6. The van der Waals surface area contributed by atoms with Gasteiger partial charge >= 0.3 is 16.3 Å². The minimum atomic E-state index is -4.47. The first-order chi connectivity index (χ1) is 17.5. The van der Waals surface area contributed by atoms with Crippen molar-refractivity contribution in [2.24, 2.45) is 5.73 Å². The molecule has 0 unspecified atom stereocenters. The third kappa shape index (κ3) is 7.70. The highest BCUT2D eigenvalue weighted by Crippen LogP contribution is 2.33. The molecule has 1 fully saturated rings. The van der Waals surface area contributed by atoms with Crippen molar-refractivity contribution in [2.75, 3.05) is 23.9 Å². The van der Waals surface area contributed by atoms with Crippen LogP contribution < -0.4 is 14.8 Å². The van der Waals surface area contributed by atoms with Crippen molar-refractivity contribution in [1.82, 2.24) is 4.90 Å². The number of anilines is 1. The second-order valence-electron chi connectivity index (χ2n) is 8.51. The first kappa shape index (κ1) is 28.0. The lowest BCUT2D eigenvalue weighted by Gasteiger charge is -2.33. The van der Waals surface area contributed by atoms with Gasteiger partial charge in [0.05, 0.1) is 23.1 Å². The van der Waals surface area contributed by atoms with Gasteiger partial charge in [0.15, 0.2) is 0 Å². The maximum absolute atomic E-state index is 12.8. The summed E-state index contributed by atoms with van der Waals surface area (Å²) in [5, 5.41) is 15.5. The molecule has 1 aliphatic heterocycles. The maximum Gasteiger partial charge on any atom is 0.412 e. The molecule has 1 saturated heterocycles. The van der Waals surface area contributed by atoms with E-state index in [0.717, 1.165) is 24.1 Å². The highest BCUT2D eigenvalue weighted by molar-refractivity contribution is 7.88. The highest BCUT2D eigenvalue weighted by Gasteiger charge is 2.27. The van der Waals surface area contributed by atoms with Crippen LogP contribution in [0.3, 0.4) is 0 Å². The van der Waals surface area contributed by atoms with E-state index in [1.165, 1.54) is 12.1 Å². The minimum absolute atomic E-state index is 0.0754. The summed E-state index contributed by atoms with van der Waals surface area (Å²) in [6.45, 7) is 4.04. The molecule has 0 atom stereocenters. The molecule has 1 aliphatic rings. The van der Waals surface area contributed by atoms with Gasteiger partial charge in [-0.1, -0.05) is 42.0 Å². The van der Waals surface area contributed by atoms with E-state index in [4.69, 9.17) is 32.9 Å². The molecule has 0 spiro atoms. The molecule has 0 saturated carbocycles. The Kier molecular flexibility index (Phi) is 9.17. The molecule has 1 heterocycles.